The minimum atomic E-state index is -0.539. The van der Waals surface area contributed by atoms with E-state index in [9.17, 15) is 23.2 Å². The van der Waals surface area contributed by atoms with Crippen molar-refractivity contribution < 1.29 is 23.2 Å². The first kappa shape index (κ1) is 31.4. The van der Waals surface area contributed by atoms with Gasteiger partial charge in [0.2, 0.25) is 0 Å². The lowest BCUT2D eigenvalue weighted by molar-refractivity contribution is 0.0988. The van der Waals surface area contributed by atoms with Crippen LogP contribution in [0.15, 0.2) is 48.8 Å². The van der Waals surface area contributed by atoms with E-state index in [4.69, 9.17) is 28.9 Å². The first-order valence-corrected chi connectivity index (χ1v) is 15.0. The summed E-state index contributed by atoms with van der Waals surface area (Å²) < 4.78 is 30.0. The number of fused-ring (bicyclic) bond motifs is 2. The summed E-state index contributed by atoms with van der Waals surface area (Å²) in [4.78, 5) is 37.0. The van der Waals surface area contributed by atoms with Crippen molar-refractivity contribution in [2.45, 2.75) is 58.7 Å². The maximum absolute atomic E-state index is 13.2. The molecule has 44 heavy (non-hydrogen) atoms. The Balaban J connectivity index is 0.000000175. The third kappa shape index (κ3) is 6.15. The van der Waals surface area contributed by atoms with Crippen molar-refractivity contribution >= 4 is 52.2 Å². The van der Waals surface area contributed by atoms with Crippen molar-refractivity contribution in [2.24, 2.45) is 5.73 Å². The van der Waals surface area contributed by atoms with Gasteiger partial charge in [0.15, 0.2) is 5.78 Å². The molecule has 12 heteroatoms. The summed E-state index contributed by atoms with van der Waals surface area (Å²) in [5.41, 5.74) is 11.6. The van der Waals surface area contributed by atoms with Crippen LogP contribution in [0.5, 0.6) is 0 Å². The number of ketones is 1. The second-order valence-electron chi connectivity index (χ2n) is 10.6. The van der Waals surface area contributed by atoms with Crippen molar-refractivity contribution in [3.05, 3.63) is 104 Å². The quantitative estimate of drug-likeness (QED) is 0.207. The van der Waals surface area contributed by atoms with Gasteiger partial charge >= 0.3 is 0 Å². The Hall–Kier alpha value is -3.99. The molecule has 2 aromatic heterocycles. The zero-order valence-corrected chi connectivity index (χ0v) is 25.7. The molecule has 4 aromatic rings. The molecule has 2 aliphatic rings. The average Bonchev–Trinajstić information content (AvgIpc) is 3.74. The number of hydrogen-bond donors (Lipinski definition) is 3. The summed E-state index contributed by atoms with van der Waals surface area (Å²) in [5.74, 6) is -1.52. The van der Waals surface area contributed by atoms with E-state index in [1.54, 1.807) is 10.8 Å². The Kier molecular flexibility index (Phi) is 9.24. The van der Waals surface area contributed by atoms with Gasteiger partial charge in [-0.15, -0.1) is 0 Å². The molecule has 2 amide bonds. The molecule has 1 atom stereocenters. The highest BCUT2D eigenvalue weighted by Gasteiger charge is 2.30. The summed E-state index contributed by atoms with van der Waals surface area (Å²) in [6.07, 6.45) is 6.37. The van der Waals surface area contributed by atoms with Crippen molar-refractivity contribution in [3.63, 3.8) is 0 Å². The zero-order valence-electron chi connectivity index (χ0n) is 24.1. The van der Waals surface area contributed by atoms with Crippen molar-refractivity contribution in [1.29, 1.82) is 0 Å². The number of Topliss-reactive ketones (excluding diaryl/α,β-unsaturated/α-hetero) is 1. The van der Waals surface area contributed by atoms with Crippen LogP contribution >= 0.6 is 23.2 Å². The predicted octanol–water partition coefficient (Wildman–Crippen LogP) is 7.18. The second kappa shape index (κ2) is 12.9. The Labute approximate surface area is 263 Å². The Bertz CT molecular complexity index is 1780. The number of aromatic nitrogens is 2. The number of benzene rings is 2. The van der Waals surface area contributed by atoms with E-state index in [1.807, 2.05) is 24.6 Å². The summed E-state index contributed by atoms with van der Waals surface area (Å²) in [7, 11) is 0. The fourth-order valence-electron chi connectivity index (χ4n) is 5.69. The number of anilines is 2. The maximum atomic E-state index is 13.2. The fraction of sp³-hybridized carbons (Fsp3) is 0.281. The van der Waals surface area contributed by atoms with E-state index in [-0.39, 0.29) is 33.7 Å². The molecule has 0 aliphatic heterocycles. The molecule has 0 bridgehead atoms. The number of nitrogens with two attached hydrogens (primary N) is 1. The van der Waals surface area contributed by atoms with E-state index in [0.29, 0.717) is 54.3 Å². The number of nitrogens with one attached hydrogen (secondary N) is 2. The molecular formula is C32H31Cl2F2N5O3. The summed E-state index contributed by atoms with van der Waals surface area (Å²) in [6, 6.07) is 8.13. The number of halogens is 4. The summed E-state index contributed by atoms with van der Waals surface area (Å²) in [5, 5.41) is 5.42. The normalized spacial score (nSPS) is 15.0. The van der Waals surface area contributed by atoms with Gasteiger partial charge in [-0.3, -0.25) is 14.4 Å². The molecule has 2 aliphatic carbocycles. The van der Waals surface area contributed by atoms with Crippen LogP contribution in [0.4, 0.5) is 20.2 Å². The molecule has 0 spiro atoms. The topological polar surface area (TPSA) is 111 Å². The molecule has 230 valence electrons. The minimum Gasteiger partial charge on any atom is -0.343 e. The number of carbonyl (C=O) groups excluding carboxylic acids is 3. The minimum absolute atomic E-state index is 0.00499. The molecule has 0 saturated carbocycles. The lowest BCUT2D eigenvalue weighted by Gasteiger charge is -2.10. The molecule has 0 saturated heterocycles. The van der Waals surface area contributed by atoms with E-state index in [0.717, 1.165) is 29.5 Å². The highest BCUT2D eigenvalue weighted by molar-refractivity contribution is 6.31. The van der Waals surface area contributed by atoms with Gasteiger partial charge < -0.3 is 25.5 Å². The van der Waals surface area contributed by atoms with Gasteiger partial charge in [0.25, 0.3) is 11.8 Å². The van der Waals surface area contributed by atoms with Crippen LogP contribution in [0.1, 0.15) is 80.8 Å². The van der Waals surface area contributed by atoms with Crippen molar-refractivity contribution in [3.8, 4) is 0 Å². The van der Waals surface area contributed by atoms with Crippen molar-refractivity contribution in [2.75, 3.05) is 10.6 Å². The van der Waals surface area contributed by atoms with Gasteiger partial charge in [-0.1, -0.05) is 23.2 Å². The van der Waals surface area contributed by atoms with E-state index in [1.165, 1.54) is 36.4 Å². The van der Waals surface area contributed by atoms with Crippen LogP contribution in [0, 0.1) is 11.6 Å². The molecule has 8 nitrogen and oxygen atoms in total. The second-order valence-corrected chi connectivity index (χ2v) is 11.4. The zero-order chi connectivity index (χ0) is 31.7. The monoisotopic (exact) mass is 641 g/mol. The lowest BCUT2D eigenvalue weighted by atomic mass is 10.1. The number of rotatable bonds is 6. The molecule has 2 aromatic carbocycles. The third-order valence-corrected chi connectivity index (χ3v) is 8.45. The van der Waals surface area contributed by atoms with Gasteiger partial charge in [-0.05, 0) is 86.2 Å². The molecule has 1 unspecified atom stereocenters. The average molecular weight is 643 g/mol. The summed E-state index contributed by atoms with van der Waals surface area (Å²) >= 11 is 11.5. The molecule has 4 N–H and O–H groups in total. The Morgan fingerprint density at radius 1 is 0.841 bits per heavy atom. The van der Waals surface area contributed by atoms with Gasteiger partial charge in [-0.25, -0.2) is 8.78 Å². The number of nitrogens with zero attached hydrogens (tertiary/aromatic N) is 2. The SMILES string of the molecule is CCn1cc2c(c1C(=O)Nc1ccc(F)c(Cl)c1)CCC2=O.CCn1cc2c(c1C(=O)Nc1ccc(F)c(Cl)c1)CCC2N. The van der Waals surface area contributed by atoms with E-state index >= 15 is 0 Å². The number of carbonyl (C=O) groups is 3. The summed E-state index contributed by atoms with van der Waals surface area (Å²) in [6.45, 7) is 5.16. The van der Waals surface area contributed by atoms with Gasteiger partial charge in [0, 0.05) is 54.9 Å². The molecule has 0 fully saturated rings. The molecule has 2 heterocycles. The molecule has 6 rings (SSSR count). The van der Waals surface area contributed by atoms with Gasteiger partial charge in [0.05, 0.1) is 10.0 Å². The highest BCUT2D eigenvalue weighted by atomic mass is 35.5. The third-order valence-electron chi connectivity index (χ3n) is 7.87. The van der Waals surface area contributed by atoms with Crippen LogP contribution in [-0.2, 0) is 25.9 Å². The van der Waals surface area contributed by atoms with Crippen molar-refractivity contribution in [1.82, 2.24) is 9.13 Å². The Morgan fingerprint density at radius 3 is 1.89 bits per heavy atom. The van der Waals surface area contributed by atoms with Crippen LogP contribution in [-0.4, -0.2) is 26.7 Å². The van der Waals surface area contributed by atoms with Crippen LogP contribution in [0.25, 0.3) is 0 Å². The maximum Gasteiger partial charge on any atom is 0.272 e. The first-order chi connectivity index (χ1) is 21.0. The fourth-order valence-corrected chi connectivity index (χ4v) is 6.05. The number of aryl methyl sites for hydroxylation is 2. The van der Waals surface area contributed by atoms with Crippen LogP contribution in [0.3, 0.4) is 0 Å². The smallest absolute Gasteiger partial charge is 0.272 e. The first-order valence-electron chi connectivity index (χ1n) is 14.3. The van der Waals surface area contributed by atoms with Gasteiger partial charge in [0.1, 0.15) is 23.0 Å². The lowest BCUT2D eigenvalue weighted by Crippen LogP contribution is -2.18. The number of hydrogen-bond acceptors (Lipinski definition) is 4. The predicted molar refractivity (Wildman–Crippen MR) is 167 cm³/mol. The largest absolute Gasteiger partial charge is 0.343 e. The number of amides is 2. The van der Waals surface area contributed by atoms with Crippen LogP contribution < -0.4 is 16.4 Å². The molecular weight excluding hydrogens is 611 g/mol. The Morgan fingerprint density at radius 2 is 1.36 bits per heavy atom. The van der Waals surface area contributed by atoms with Gasteiger partial charge in [-0.2, -0.15) is 0 Å². The molecule has 0 radical (unpaired) electrons. The standard InChI is InChI=1S/C16H17ClFN3O.C16H14ClFN2O2/c1-2-21-8-11-10(4-6-14(11)19)15(21)16(22)20-9-3-5-13(18)12(17)7-9;1-2-20-8-11-10(4-6-14(11)21)15(20)16(22)19-9-3-5-13(18)12(17)7-9/h3,5,7-8,14H,2,4,6,19H2,1H3,(H,20,22);3,5,7-8H,2,4,6H2,1H3,(H,19,22). The van der Waals surface area contributed by atoms with Crippen LogP contribution in [0.2, 0.25) is 10.0 Å². The highest BCUT2D eigenvalue weighted by Crippen LogP contribution is 2.34. The van der Waals surface area contributed by atoms with E-state index in [2.05, 4.69) is 10.6 Å². The van der Waals surface area contributed by atoms with E-state index < -0.39 is 11.6 Å².